The van der Waals surface area contributed by atoms with Gasteiger partial charge in [0.05, 0.1) is 18.7 Å². The number of likely N-dealkylation sites (tertiary alicyclic amines) is 1. The van der Waals surface area contributed by atoms with Gasteiger partial charge in [0.15, 0.2) is 0 Å². The maximum absolute atomic E-state index is 10.9. The summed E-state index contributed by atoms with van der Waals surface area (Å²) in [5, 5.41) is 18.5. The van der Waals surface area contributed by atoms with Gasteiger partial charge in [-0.2, -0.15) is 0 Å². The minimum atomic E-state index is -0.972. The fourth-order valence-corrected chi connectivity index (χ4v) is 2.02. The van der Waals surface area contributed by atoms with Crippen LogP contribution in [0.3, 0.4) is 0 Å². The molecule has 1 saturated heterocycles. The molecule has 1 aromatic carbocycles. The first kappa shape index (κ1) is 9.98. The number of hydrogen-bond donors (Lipinski definition) is 2. The van der Waals surface area contributed by atoms with E-state index >= 15 is 0 Å². The molecule has 1 heterocycles. The maximum atomic E-state index is 10.9. The Morgan fingerprint density at radius 3 is 2.60 bits per heavy atom. The van der Waals surface area contributed by atoms with Gasteiger partial charge < -0.3 is 10.2 Å². The fourth-order valence-electron chi connectivity index (χ4n) is 2.02. The molecule has 1 fully saturated rings. The quantitative estimate of drug-likeness (QED) is 0.733. The van der Waals surface area contributed by atoms with E-state index < -0.39 is 12.2 Å². The summed E-state index contributed by atoms with van der Waals surface area (Å²) in [4.78, 5) is 12.2. The second kappa shape index (κ2) is 3.90. The molecule has 80 valence electrons. The number of carbonyl (C=O) groups is 1. The van der Waals surface area contributed by atoms with Crippen molar-refractivity contribution >= 4 is 6.09 Å². The van der Waals surface area contributed by atoms with Crippen LogP contribution in [-0.4, -0.2) is 33.9 Å². The van der Waals surface area contributed by atoms with E-state index in [1.807, 2.05) is 30.3 Å². The van der Waals surface area contributed by atoms with E-state index in [1.54, 1.807) is 0 Å². The van der Waals surface area contributed by atoms with E-state index in [-0.39, 0.29) is 12.6 Å². The maximum Gasteiger partial charge on any atom is 0.407 e. The van der Waals surface area contributed by atoms with Gasteiger partial charge in [0.1, 0.15) is 0 Å². The van der Waals surface area contributed by atoms with Crippen LogP contribution in [0, 0.1) is 0 Å². The number of β-amino-alcohol motifs (C(OH)–C–C–N with tert-alkyl or cyclic N) is 1. The Morgan fingerprint density at radius 2 is 2.00 bits per heavy atom. The van der Waals surface area contributed by atoms with Crippen LogP contribution in [0.4, 0.5) is 4.79 Å². The highest BCUT2D eigenvalue weighted by atomic mass is 16.4. The first-order chi connectivity index (χ1) is 7.18. The summed E-state index contributed by atoms with van der Waals surface area (Å²) >= 11 is 0. The number of nitrogens with zero attached hydrogens (tertiary/aromatic N) is 1. The molecule has 0 bridgehead atoms. The van der Waals surface area contributed by atoms with Gasteiger partial charge in [0.2, 0.25) is 0 Å². The average molecular weight is 207 g/mol. The van der Waals surface area contributed by atoms with E-state index in [0.29, 0.717) is 6.42 Å². The zero-order valence-electron chi connectivity index (χ0n) is 8.21. The standard InChI is InChI=1S/C11H13NO3/c13-9-6-10(12(7-9)11(14)15)8-4-2-1-3-5-8/h1-5,9-10,13H,6-7H2,(H,14,15)/t9-,10?/m1/s1. The van der Waals surface area contributed by atoms with Gasteiger partial charge >= 0.3 is 6.09 Å². The zero-order chi connectivity index (χ0) is 10.8. The SMILES string of the molecule is O=C(O)N1C[C@H](O)CC1c1ccccc1. The monoisotopic (exact) mass is 207 g/mol. The third-order valence-electron chi connectivity index (χ3n) is 2.71. The van der Waals surface area contributed by atoms with Crippen LogP contribution in [0.25, 0.3) is 0 Å². The third kappa shape index (κ3) is 1.94. The predicted octanol–water partition coefficient (Wildman–Crippen LogP) is 1.47. The lowest BCUT2D eigenvalue weighted by Gasteiger charge is -2.21. The number of aliphatic hydroxyl groups is 1. The highest BCUT2D eigenvalue weighted by Crippen LogP contribution is 2.31. The van der Waals surface area contributed by atoms with Crippen molar-refractivity contribution in [3.05, 3.63) is 35.9 Å². The number of hydrogen-bond acceptors (Lipinski definition) is 2. The molecule has 0 radical (unpaired) electrons. The van der Waals surface area contributed by atoms with Crippen molar-refractivity contribution in [2.24, 2.45) is 0 Å². The van der Waals surface area contributed by atoms with Gasteiger partial charge in [-0.05, 0) is 12.0 Å². The first-order valence-corrected chi connectivity index (χ1v) is 4.91. The van der Waals surface area contributed by atoms with Crippen molar-refractivity contribution in [3.8, 4) is 0 Å². The number of amides is 1. The normalized spacial score (nSPS) is 25.5. The van der Waals surface area contributed by atoms with E-state index in [4.69, 9.17) is 5.11 Å². The van der Waals surface area contributed by atoms with Gasteiger partial charge in [0, 0.05) is 0 Å². The molecule has 1 unspecified atom stereocenters. The van der Waals surface area contributed by atoms with Crippen molar-refractivity contribution in [1.82, 2.24) is 4.90 Å². The van der Waals surface area contributed by atoms with Crippen LogP contribution in [0.5, 0.6) is 0 Å². The van der Waals surface area contributed by atoms with Crippen LogP contribution in [0.15, 0.2) is 30.3 Å². The number of aliphatic hydroxyl groups excluding tert-OH is 1. The van der Waals surface area contributed by atoms with Gasteiger partial charge in [-0.15, -0.1) is 0 Å². The molecule has 0 aliphatic carbocycles. The van der Waals surface area contributed by atoms with E-state index in [9.17, 15) is 9.90 Å². The van der Waals surface area contributed by atoms with Crippen LogP contribution in [0.1, 0.15) is 18.0 Å². The second-order valence-electron chi connectivity index (χ2n) is 3.75. The van der Waals surface area contributed by atoms with Crippen LogP contribution < -0.4 is 0 Å². The summed E-state index contributed by atoms with van der Waals surface area (Å²) in [7, 11) is 0. The van der Waals surface area contributed by atoms with Gasteiger partial charge in [-0.1, -0.05) is 30.3 Å². The lowest BCUT2D eigenvalue weighted by atomic mass is 10.0. The summed E-state index contributed by atoms with van der Waals surface area (Å²) in [6.45, 7) is 0.203. The molecule has 2 N–H and O–H groups in total. The van der Waals surface area contributed by atoms with Gasteiger partial charge in [0.25, 0.3) is 0 Å². The summed E-state index contributed by atoms with van der Waals surface area (Å²) in [5.74, 6) is 0. The topological polar surface area (TPSA) is 60.8 Å². The Kier molecular flexibility index (Phi) is 2.60. The van der Waals surface area contributed by atoms with Crippen molar-refractivity contribution in [2.45, 2.75) is 18.6 Å². The number of benzene rings is 1. The zero-order valence-corrected chi connectivity index (χ0v) is 8.21. The molecular formula is C11H13NO3. The summed E-state index contributed by atoms with van der Waals surface area (Å²) < 4.78 is 0. The molecular weight excluding hydrogens is 194 g/mol. The Balaban J connectivity index is 2.24. The van der Waals surface area contributed by atoms with E-state index in [1.165, 1.54) is 4.90 Å². The lowest BCUT2D eigenvalue weighted by Crippen LogP contribution is -2.30. The minimum absolute atomic E-state index is 0.203. The molecule has 15 heavy (non-hydrogen) atoms. The molecule has 0 aromatic heterocycles. The molecule has 0 saturated carbocycles. The molecule has 4 nitrogen and oxygen atoms in total. The van der Waals surface area contributed by atoms with Crippen molar-refractivity contribution in [2.75, 3.05) is 6.54 Å². The highest BCUT2D eigenvalue weighted by molar-refractivity contribution is 5.66. The average Bonchev–Trinajstić information content (AvgIpc) is 2.62. The highest BCUT2D eigenvalue weighted by Gasteiger charge is 2.34. The fraction of sp³-hybridized carbons (Fsp3) is 0.364. The van der Waals surface area contributed by atoms with Gasteiger partial charge in [-0.25, -0.2) is 4.79 Å². The third-order valence-corrected chi connectivity index (χ3v) is 2.71. The smallest absolute Gasteiger partial charge is 0.407 e. The number of rotatable bonds is 1. The Morgan fingerprint density at radius 1 is 1.33 bits per heavy atom. The van der Waals surface area contributed by atoms with Crippen molar-refractivity contribution in [3.63, 3.8) is 0 Å². The lowest BCUT2D eigenvalue weighted by molar-refractivity contribution is 0.131. The first-order valence-electron chi connectivity index (χ1n) is 4.91. The Bertz CT molecular complexity index is 352. The largest absolute Gasteiger partial charge is 0.465 e. The molecule has 1 aromatic rings. The van der Waals surface area contributed by atoms with E-state index in [0.717, 1.165) is 5.56 Å². The molecule has 4 heteroatoms. The summed E-state index contributed by atoms with van der Waals surface area (Å²) in [6, 6.07) is 9.20. The number of carboxylic acid groups (broad SMARTS) is 1. The van der Waals surface area contributed by atoms with Crippen molar-refractivity contribution in [1.29, 1.82) is 0 Å². The molecule has 1 amide bonds. The predicted molar refractivity (Wildman–Crippen MR) is 54.5 cm³/mol. The molecule has 1 aliphatic heterocycles. The van der Waals surface area contributed by atoms with Crippen LogP contribution in [-0.2, 0) is 0 Å². The van der Waals surface area contributed by atoms with Crippen molar-refractivity contribution < 1.29 is 15.0 Å². The summed E-state index contributed by atoms with van der Waals surface area (Å²) in [6.07, 6.45) is -1.04. The van der Waals surface area contributed by atoms with Crippen LogP contribution in [0.2, 0.25) is 0 Å². The molecule has 1 aliphatic rings. The summed E-state index contributed by atoms with van der Waals surface area (Å²) in [5.41, 5.74) is 0.941. The Labute approximate surface area is 87.8 Å². The Hall–Kier alpha value is -1.55. The van der Waals surface area contributed by atoms with Crippen LogP contribution >= 0.6 is 0 Å². The molecule has 2 rings (SSSR count). The molecule has 2 atom stereocenters. The molecule has 0 spiro atoms. The van der Waals surface area contributed by atoms with E-state index in [2.05, 4.69) is 0 Å². The minimum Gasteiger partial charge on any atom is -0.465 e. The second-order valence-corrected chi connectivity index (χ2v) is 3.75. The van der Waals surface area contributed by atoms with Gasteiger partial charge in [-0.3, -0.25) is 4.90 Å².